The van der Waals surface area contributed by atoms with Crippen LogP contribution < -0.4 is 10.2 Å². The lowest BCUT2D eigenvalue weighted by Gasteiger charge is -2.33. The topological polar surface area (TPSA) is 65.5 Å². The summed E-state index contributed by atoms with van der Waals surface area (Å²) in [4.78, 5) is 18.7. The Morgan fingerprint density at radius 1 is 1.28 bits per heavy atom. The van der Waals surface area contributed by atoms with Gasteiger partial charge in [0, 0.05) is 37.5 Å². The highest BCUT2D eigenvalue weighted by atomic mass is 19.1. The summed E-state index contributed by atoms with van der Waals surface area (Å²) in [6.45, 7) is 3.39. The Labute approximate surface area is 144 Å². The number of phenolic OH excluding ortho intramolecular Hbond substituents is 1. The standard InChI is InChI=1S/C18H19F2N3O2/c1-11-2-3-16(21-10-11)23-6-4-13(5-7-23)22-18(25)17-14(20)8-12(19)9-15(17)24/h2-3,8-10,13,24H,4-7H2,1H3,(H,22,25). The molecule has 0 bridgehead atoms. The van der Waals surface area contributed by atoms with Crippen molar-refractivity contribution in [2.45, 2.75) is 25.8 Å². The Balaban J connectivity index is 1.61. The summed E-state index contributed by atoms with van der Waals surface area (Å²) in [5, 5.41) is 12.3. The normalized spacial score (nSPS) is 15.2. The maximum absolute atomic E-state index is 13.8. The maximum Gasteiger partial charge on any atom is 0.258 e. The first kappa shape index (κ1) is 17.1. The fourth-order valence-corrected chi connectivity index (χ4v) is 2.94. The van der Waals surface area contributed by atoms with Crippen LogP contribution in [0.1, 0.15) is 28.8 Å². The van der Waals surface area contributed by atoms with E-state index in [1.807, 2.05) is 25.3 Å². The molecule has 3 rings (SSSR count). The number of halogens is 2. The molecule has 2 N–H and O–H groups in total. The minimum atomic E-state index is -1.07. The fraction of sp³-hybridized carbons (Fsp3) is 0.333. The van der Waals surface area contributed by atoms with E-state index in [2.05, 4.69) is 15.2 Å². The van der Waals surface area contributed by atoms with Gasteiger partial charge in [0.05, 0.1) is 0 Å². The van der Waals surface area contributed by atoms with Crippen LogP contribution in [0.15, 0.2) is 30.5 Å². The van der Waals surface area contributed by atoms with Gasteiger partial charge >= 0.3 is 0 Å². The molecule has 1 saturated heterocycles. The molecule has 7 heteroatoms. The van der Waals surface area contributed by atoms with Gasteiger partial charge in [-0.05, 0) is 31.4 Å². The monoisotopic (exact) mass is 347 g/mol. The van der Waals surface area contributed by atoms with Crippen molar-refractivity contribution < 1.29 is 18.7 Å². The summed E-state index contributed by atoms with van der Waals surface area (Å²) >= 11 is 0. The largest absolute Gasteiger partial charge is 0.507 e. The zero-order valence-electron chi connectivity index (χ0n) is 13.8. The summed E-state index contributed by atoms with van der Waals surface area (Å²) in [5.74, 6) is -2.54. The van der Waals surface area contributed by atoms with Crippen molar-refractivity contribution in [1.29, 1.82) is 0 Å². The van der Waals surface area contributed by atoms with E-state index in [4.69, 9.17) is 0 Å². The molecule has 25 heavy (non-hydrogen) atoms. The molecule has 0 aliphatic carbocycles. The third-order valence-corrected chi connectivity index (χ3v) is 4.31. The van der Waals surface area contributed by atoms with E-state index >= 15 is 0 Å². The van der Waals surface area contributed by atoms with E-state index < -0.39 is 28.9 Å². The molecule has 5 nitrogen and oxygen atoms in total. The van der Waals surface area contributed by atoms with Crippen molar-refractivity contribution in [2.24, 2.45) is 0 Å². The number of aromatic nitrogens is 1. The van der Waals surface area contributed by atoms with E-state index in [-0.39, 0.29) is 6.04 Å². The fourth-order valence-electron chi connectivity index (χ4n) is 2.94. The molecular formula is C18H19F2N3O2. The molecule has 2 heterocycles. The molecule has 0 unspecified atom stereocenters. The lowest BCUT2D eigenvalue weighted by molar-refractivity contribution is 0.0924. The quantitative estimate of drug-likeness (QED) is 0.896. The van der Waals surface area contributed by atoms with Crippen molar-refractivity contribution in [3.63, 3.8) is 0 Å². The summed E-state index contributed by atoms with van der Waals surface area (Å²) in [5.41, 5.74) is 0.566. The van der Waals surface area contributed by atoms with E-state index in [1.54, 1.807) is 0 Å². The van der Waals surface area contributed by atoms with Crippen molar-refractivity contribution >= 4 is 11.7 Å². The molecule has 1 aromatic heterocycles. The Morgan fingerprint density at radius 3 is 2.60 bits per heavy atom. The minimum absolute atomic E-state index is 0.141. The van der Waals surface area contributed by atoms with Crippen molar-refractivity contribution in [1.82, 2.24) is 10.3 Å². The van der Waals surface area contributed by atoms with Gasteiger partial charge in [0.2, 0.25) is 0 Å². The first-order chi connectivity index (χ1) is 11.9. The number of aromatic hydroxyl groups is 1. The number of nitrogens with zero attached hydrogens (tertiary/aromatic N) is 2. The highest BCUT2D eigenvalue weighted by Crippen LogP contribution is 2.23. The number of carbonyl (C=O) groups excluding carboxylic acids is 1. The molecule has 1 aliphatic heterocycles. The van der Waals surface area contributed by atoms with Crippen LogP contribution in [-0.4, -0.2) is 35.1 Å². The molecule has 0 radical (unpaired) electrons. The lowest BCUT2D eigenvalue weighted by Crippen LogP contribution is -2.45. The van der Waals surface area contributed by atoms with Gasteiger partial charge in [-0.15, -0.1) is 0 Å². The molecule has 0 saturated carbocycles. The summed E-state index contributed by atoms with van der Waals surface area (Å²) in [6.07, 6.45) is 3.15. The van der Waals surface area contributed by atoms with Gasteiger partial charge in [0.1, 0.15) is 28.8 Å². The number of amides is 1. The van der Waals surface area contributed by atoms with Crippen LogP contribution >= 0.6 is 0 Å². The second kappa shape index (κ2) is 7.04. The summed E-state index contributed by atoms with van der Waals surface area (Å²) in [6, 6.07) is 5.12. The van der Waals surface area contributed by atoms with Crippen molar-refractivity contribution in [3.05, 3.63) is 53.2 Å². The maximum atomic E-state index is 13.8. The van der Waals surface area contributed by atoms with Crippen LogP contribution in [0.2, 0.25) is 0 Å². The second-order valence-electron chi connectivity index (χ2n) is 6.21. The average molecular weight is 347 g/mol. The zero-order valence-corrected chi connectivity index (χ0v) is 13.8. The molecule has 1 aliphatic rings. The van der Waals surface area contributed by atoms with Crippen LogP contribution in [0.4, 0.5) is 14.6 Å². The predicted molar refractivity (Wildman–Crippen MR) is 89.7 cm³/mol. The number of nitrogens with one attached hydrogen (secondary N) is 1. The van der Waals surface area contributed by atoms with Crippen LogP contribution in [0.5, 0.6) is 5.75 Å². The van der Waals surface area contributed by atoms with Gasteiger partial charge in [0.25, 0.3) is 5.91 Å². The van der Waals surface area contributed by atoms with Crippen LogP contribution in [0.25, 0.3) is 0 Å². The minimum Gasteiger partial charge on any atom is -0.507 e. The van der Waals surface area contributed by atoms with Crippen LogP contribution in [0.3, 0.4) is 0 Å². The number of pyridine rings is 1. The van der Waals surface area contributed by atoms with Gasteiger partial charge in [-0.25, -0.2) is 13.8 Å². The summed E-state index contributed by atoms with van der Waals surface area (Å²) in [7, 11) is 0. The van der Waals surface area contributed by atoms with Crippen LogP contribution in [-0.2, 0) is 0 Å². The molecule has 2 aromatic rings. The Hall–Kier alpha value is -2.70. The number of benzene rings is 1. The van der Waals surface area contributed by atoms with Gasteiger partial charge < -0.3 is 15.3 Å². The Kier molecular flexibility index (Phi) is 4.83. The summed E-state index contributed by atoms with van der Waals surface area (Å²) < 4.78 is 26.8. The first-order valence-corrected chi connectivity index (χ1v) is 8.10. The number of hydrogen-bond acceptors (Lipinski definition) is 4. The number of anilines is 1. The third-order valence-electron chi connectivity index (χ3n) is 4.31. The lowest BCUT2D eigenvalue weighted by atomic mass is 10.0. The predicted octanol–water partition coefficient (Wildman–Crippen LogP) is 2.77. The first-order valence-electron chi connectivity index (χ1n) is 8.10. The van der Waals surface area contributed by atoms with E-state index in [9.17, 15) is 18.7 Å². The van der Waals surface area contributed by atoms with Gasteiger partial charge in [-0.3, -0.25) is 4.79 Å². The number of phenols is 1. The molecule has 1 aromatic carbocycles. The molecule has 0 atom stereocenters. The van der Waals surface area contributed by atoms with Gasteiger partial charge in [-0.1, -0.05) is 6.07 Å². The Morgan fingerprint density at radius 2 is 2.00 bits per heavy atom. The number of piperidine rings is 1. The molecule has 0 spiro atoms. The zero-order chi connectivity index (χ0) is 18.0. The highest BCUT2D eigenvalue weighted by Gasteiger charge is 2.25. The Bertz CT molecular complexity index is 749. The number of aryl methyl sites for hydroxylation is 1. The number of carbonyl (C=O) groups is 1. The second-order valence-corrected chi connectivity index (χ2v) is 6.21. The highest BCUT2D eigenvalue weighted by molar-refractivity contribution is 5.97. The molecule has 132 valence electrons. The number of rotatable bonds is 3. The van der Waals surface area contributed by atoms with E-state index in [0.717, 1.165) is 17.4 Å². The number of hydrogen-bond donors (Lipinski definition) is 2. The van der Waals surface area contributed by atoms with Crippen molar-refractivity contribution in [3.8, 4) is 5.75 Å². The molecule has 1 amide bonds. The van der Waals surface area contributed by atoms with Crippen molar-refractivity contribution in [2.75, 3.05) is 18.0 Å². The van der Waals surface area contributed by atoms with Gasteiger partial charge in [0.15, 0.2) is 0 Å². The van der Waals surface area contributed by atoms with Crippen LogP contribution in [0, 0.1) is 18.6 Å². The third kappa shape index (κ3) is 3.87. The SMILES string of the molecule is Cc1ccc(N2CCC(NC(=O)c3c(O)cc(F)cc3F)CC2)nc1. The molecular weight excluding hydrogens is 328 g/mol. The van der Waals surface area contributed by atoms with Gasteiger partial charge in [-0.2, -0.15) is 0 Å². The average Bonchev–Trinajstić information content (AvgIpc) is 2.55. The molecule has 1 fully saturated rings. The smallest absolute Gasteiger partial charge is 0.258 e. The van der Waals surface area contributed by atoms with E-state index in [1.165, 1.54) is 0 Å². The van der Waals surface area contributed by atoms with E-state index in [0.29, 0.717) is 32.0 Å².